The topological polar surface area (TPSA) is 43.1 Å². The van der Waals surface area contributed by atoms with Gasteiger partial charge in [-0.25, -0.2) is 4.98 Å². The van der Waals surface area contributed by atoms with Crippen LogP contribution in [0.25, 0.3) is 0 Å². The van der Waals surface area contributed by atoms with Gasteiger partial charge in [-0.1, -0.05) is 0 Å². The number of nitrogens with zero attached hydrogens (tertiary/aromatic N) is 4. The van der Waals surface area contributed by atoms with Gasteiger partial charge in [0, 0.05) is 38.7 Å². The molecular formula is C16H22N4O. The molecule has 0 unspecified atom stereocenters. The minimum atomic E-state index is 0.0936. The Bertz CT molecular complexity index is 628. The van der Waals surface area contributed by atoms with Crippen LogP contribution in [0.4, 0.5) is 0 Å². The fourth-order valence-corrected chi connectivity index (χ4v) is 3.16. The van der Waals surface area contributed by atoms with Crippen LogP contribution < -0.4 is 0 Å². The van der Waals surface area contributed by atoms with Crippen LogP contribution >= 0.6 is 0 Å². The molecular weight excluding hydrogens is 264 g/mol. The van der Waals surface area contributed by atoms with Crippen LogP contribution in [0.3, 0.4) is 0 Å². The Kier molecular flexibility index (Phi) is 3.82. The Morgan fingerprint density at radius 3 is 2.95 bits per heavy atom. The number of aromatic nitrogens is 3. The number of likely N-dealkylation sites (tertiary alicyclic amines) is 1. The van der Waals surface area contributed by atoms with Gasteiger partial charge in [-0.3, -0.25) is 4.79 Å². The number of piperidine rings is 1. The lowest BCUT2D eigenvalue weighted by atomic mass is 10.0. The van der Waals surface area contributed by atoms with Crippen LogP contribution in [0.15, 0.2) is 30.7 Å². The Labute approximate surface area is 125 Å². The fraction of sp³-hybridized carbons (Fsp3) is 0.500. The van der Waals surface area contributed by atoms with Gasteiger partial charge in [0.2, 0.25) is 0 Å². The molecule has 3 rings (SSSR count). The highest BCUT2D eigenvalue weighted by Gasteiger charge is 2.32. The number of carbonyl (C=O) groups excluding carboxylic acids is 1. The van der Waals surface area contributed by atoms with E-state index in [0.717, 1.165) is 43.9 Å². The van der Waals surface area contributed by atoms with Gasteiger partial charge >= 0.3 is 0 Å². The quantitative estimate of drug-likeness (QED) is 0.870. The van der Waals surface area contributed by atoms with Gasteiger partial charge in [-0.15, -0.1) is 0 Å². The predicted octanol–water partition coefficient (Wildman–Crippen LogP) is 2.61. The molecule has 1 amide bonds. The first-order valence-corrected chi connectivity index (χ1v) is 7.65. The van der Waals surface area contributed by atoms with Crippen LogP contribution in [0, 0.1) is 0 Å². The van der Waals surface area contributed by atoms with E-state index in [0.29, 0.717) is 0 Å². The third-order valence-electron chi connectivity index (χ3n) is 4.31. The summed E-state index contributed by atoms with van der Waals surface area (Å²) in [7, 11) is 1.92. The maximum Gasteiger partial charge on any atom is 0.271 e. The van der Waals surface area contributed by atoms with E-state index in [4.69, 9.17) is 0 Å². The SMILES string of the molecule is CCn1ccnc1[C@@H]1CCCCN1C(=O)c1cccn1C. The summed E-state index contributed by atoms with van der Waals surface area (Å²) >= 11 is 0. The second-order valence-corrected chi connectivity index (χ2v) is 5.59. The molecule has 0 spiro atoms. The zero-order valence-electron chi connectivity index (χ0n) is 12.7. The first kappa shape index (κ1) is 13.9. The summed E-state index contributed by atoms with van der Waals surface area (Å²) in [5.74, 6) is 1.12. The second kappa shape index (κ2) is 5.76. The van der Waals surface area contributed by atoms with E-state index < -0.39 is 0 Å². The summed E-state index contributed by atoms with van der Waals surface area (Å²) in [6.45, 7) is 3.81. The van der Waals surface area contributed by atoms with Crippen molar-refractivity contribution < 1.29 is 4.79 Å². The van der Waals surface area contributed by atoms with Crippen LogP contribution in [0.1, 0.15) is 48.5 Å². The summed E-state index contributed by atoms with van der Waals surface area (Å²) in [4.78, 5) is 19.4. The molecule has 2 aromatic rings. The van der Waals surface area contributed by atoms with E-state index in [-0.39, 0.29) is 11.9 Å². The van der Waals surface area contributed by atoms with Crippen molar-refractivity contribution in [3.05, 3.63) is 42.2 Å². The maximum absolute atomic E-state index is 12.9. The first-order valence-electron chi connectivity index (χ1n) is 7.65. The molecule has 2 aromatic heterocycles. The zero-order chi connectivity index (χ0) is 14.8. The summed E-state index contributed by atoms with van der Waals surface area (Å²) < 4.78 is 4.03. The molecule has 112 valence electrons. The van der Waals surface area contributed by atoms with E-state index in [1.165, 1.54) is 0 Å². The predicted molar refractivity (Wildman–Crippen MR) is 80.9 cm³/mol. The van der Waals surface area contributed by atoms with E-state index in [2.05, 4.69) is 16.5 Å². The van der Waals surface area contributed by atoms with Crippen LogP contribution in [0.5, 0.6) is 0 Å². The Balaban J connectivity index is 1.92. The molecule has 0 saturated carbocycles. The summed E-state index contributed by atoms with van der Waals surface area (Å²) in [5.41, 5.74) is 0.747. The number of hydrogen-bond donors (Lipinski definition) is 0. The highest BCUT2D eigenvalue weighted by Crippen LogP contribution is 2.31. The van der Waals surface area contributed by atoms with Gasteiger partial charge in [0.25, 0.3) is 5.91 Å². The summed E-state index contributed by atoms with van der Waals surface area (Å²) in [6, 6.07) is 3.90. The van der Waals surface area contributed by atoms with Crippen molar-refractivity contribution in [1.29, 1.82) is 0 Å². The molecule has 5 nitrogen and oxygen atoms in total. The van der Waals surface area contributed by atoms with Gasteiger partial charge < -0.3 is 14.0 Å². The average molecular weight is 286 g/mol. The molecule has 0 bridgehead atoms. The molecule has 21 heavy (non-hydrogen) atoms. The Morgan fingerprint density at radius 2 is 2.24 bits per heavy atom. The monoisotopic (exact) mass is 286 g/mol. The van der Waals surface area contributed by atoms with Crippen molar-refractivity contribution in [2.45, 2.75) is 38.8 Å². The molecule has 3 heterocycles. The van der Waals surface area contributed by atoms with Crippen LogP contribution in [0.2, 0.25) is 0 Å². The van der Waals surface area contributed by atoms with Crippen molar-refractivity contribution >= 4 is 5.91 Å². The zero-order valence-corrected chi connectivity index (χ0v) is 12.7. The van der Waals surface area contributed by atoms with Crippen LogP contribution in [-0.4, -0.2) is 31.5 Å². The lowest BCUT2D eigenvalue weighted by Gasteiger charge is -2.35. The van der Waals surface area contributed by atoms with E-state index in [1.54, 1.807) is 0 Å². The standard InChI is InChI=1S/C16H22N4O/c1-3-19-12-9-17-15(19)13-7-4-5-11-20(13)16(21)14-8-6-10-18(14)2/h6,8-10,12-13H,3-5,7,11H2,1-2H3/t13-/m0/s1. The van der Waals surface area contributed by atoms with Crippen molar-refractivity contribution in [2.75, 3.05) is 6.54 Å². The van der Waals surface area contributed by atoms with Gasteiger partial charge in [0.1, 0.15) is 11.5 Å². The minimum absolute atomic E-state index is 0.0936. The van der Waals surface area contributed by atoms with Crippen molar-refractivity contribution in [3.8, 4) is 0 Å². The molecule has 0 aromatic carbocycles. The molecule has 0 N–H and O–H groups in total. The summed E-state index contributed by atoms with van der Waals surface area (Å²) in [5, 5.41) is 0. The Morgan fingerprint density at radius 1 is 1.38 bits per heavy atom. The highest BCUT2D eigenvalue weighted by molar-refractivity contribution is 5.93. The van der Waals surface area contributed by atoms with Gasteiger partial charge in [0.05, 0.1) is 6.04 Å². The second-order valence-electron chi connectivity index (χ2n) is 5.59. The van der Waals surface area contributed by atoms with Crippen molar-refractivity contribution in [2.24, 2.45) is 7.05 Å². The highest BCUT2D eigenvalue weighted by atomic mass is 16.2. The number of carbonyl (C=O) groups is 1. The van der Waals surface area contributed by atoms with Crippen molar-refractivity contribution in [3.63, 3.8) is 0 Å². The lowest BCUT2D eigenvalue weighted by Crippen LogP contribution is -2.40. The van der Waals surface area contributed by atoms with Gasteiger partial charge in [-0.2, -0.15) is 0 Å². The maximum atomic E-state index is 12.9. The Hall–Kier alpha value is -2.04. The average Bonchev–Trinajstić information content (AvgIpc) is 3.14. The third-order valence-corrected chi connectivity index (χ3v) is 4.31. The van der Waals surface area contributed by atoms with Crippen LogP contribution in [-0.2, 0) is 13.6 Å². The number of amides is 1. The van der Waals surface area contributed by atoms with Crippen molar-refractivity contribution in [1.82, 2.24) is 19.0 Å². The van der Waals surface area contributed by atoms with E-state index in [9.17, 15) is 4.79 Å². The molecule has 1 aliphatic rings. The fourth-order valence-electron chi connectivity index (χ4n) is 3.16. The van der Waals surface area contributed by atoms with Gasteiger partial charge in [-0.05, 0) is 38.3 Å². The first-order chi connectivity index (χ1) is 10.2. The molecule has 1 saturated heterocycles. The molecule has 5 heteroatoms. The number of aryl methyl sites for hydroxylation is 2. The molecule has 0 aliphatic carbocycles. The number of hydrogen-bond acceptors (Lipinski definition) is 2. The molecule has 1 aliphatic heterocycles. The molecule has 0 radical (unpaired) electrons. The normalized spacial score (nSPS) is 19.0. The third kappa shape index (κ3) is 2.48. The van der Waals surface area contributed by atoms with E-state index in [1.807, 2.05) is 47.2 Å². The molecule has 1 fully saturated rings. The molecule has 1 atom stereocenters. The largest absolute Gasteiger partial charge is 0.347 e. The summed E-state index contributed by atoms with van der Waals surface area (Å²) in [6.07, 6.45) is 8.96. The number of imidazole rings is 1. The minimum Gasteiger partial charge on any atom is -0.347 e. The van der Waals surface area contributed by atoms with E-state index >= 15 is 0 Å². The van der Waals surface area contributed by atoms with Gasteiger partial charge in [0.15, 0.2) is 0 Å². The smallest absolute Gasteiger partial charge is 0.271 e. The lowest BCUT2D eigenvalue weighted by molar-refractivity contribution is 0.0585. The number of rotatable bonds is 3.